The van der Waals surface area contributed by atoms with Gasteiger partial charge in [-0.05, 0) is 6.92 Å². The standard InChI is InChI=1S/C4H7O/c1-4-2-3-5-4/h2,4H,3H2,1H3. The van der Waals surface area contributed by atoms with Gasteiger partial charge in [-0.15, -0.1) is 0 Å². The third-order valence-electron chi connectivity index (χ3n) is 0.787. The van der Waals surface area contributed by atoms with Crippen molar-refractivity contribution in [3.63, 3.8) is 0 Å². The maximum Gasteiger partial charge on any atom is 0.0601 e. The van der Waals surface area contributed by atoms with Gasteiger partial charge in [0.25, 0.3) is 0 Å². The summed E-state index contributed by atoms with van der Waals surface area (Å²) in [5.74, 6) is 0. The van der Waals surface area contributed by atoms with Gasteiger partial charge in [0.15, 0.2) is 0 Å². The maximum atomic E-state index is 4.88. The van der Waals surface area contributed by atoms with E-state index in [0.29, 0.717) is 6.10 Å². The Hall–Kier alpha value is -0.0400. The molecule has 1 rings (SSSR count). The van der Waals surface area contributed by atoms with Gasteiger partial charge in [-0.25, -0.2) is 0 Å². The van der Waals surface area contributed by atoms with Gasteiger partial charge in [0.05, 0.1) is 12.7 Å². The highest BCUT2D eigenvalue weighted by Crippen LogP contribution is 2.05. The molecular weight excluding hydrogens is 64.0 g/mol. The van der Waals surface area contributed by atoms with Crippen LogP contribution in [0.15, 0.2) is 0 Å². The molecule has 0 aromatic rings. The van der Waals surface area contributed by atoms with Crippen molar-refractivity contribution in [3.05, 3.63) is 6.42 Å². The Morgan fingerprint density at radius 3 is 2.40 bits per heavy atom. The van der Waals surface area contributed by atoms with Gasteiger partial charge < -0.3 is 4.74 Å². The highest BCUT2D eigenvalue weighted by molar-refractivity contribution is 4.80. The van der Waals surface area contributed by atoms with Gasteiger partial charge in [-0.2, -0.15) is 0 Å². The minimum atomic E-state index is 0.440. The molecule has 5 heavy (non-hydrogen) atoms. The molecule has 0 aliphatic carbocycles. The number of hydrogen-bond donors (Lipinski definition) is 0. The zero-order valence-electron chi connectivity index (χ0n) is 3.27. The quantitative estimate of drug-likeness (QED) is 0.406. The summed E-state index contributed by atoms with van der Waals surface area (Å²) in [5.41, 5.74) is 0. The van der Waals surface area contributed by atoms with Crippen LogP contribution in [0.25, 0.3) is 0 Å². The third kappa shape index (κ3) is 0.428. The Morgan fingerprint density at radius 2 is 2.40 bits per heavy atom. The van der Waals surface area contributed by atoms with Crippen LogP contribution in [0.5, 0.6) is 0 Å². The van der Waals surface area contributed by atoms with Gasteiger partial charge in [0.1, 0.15) is 0 Å². The Balaban J connectivity index is 2.08. The molecule has 0 amide bonds. The van der Waals surface area contributed by atoms with Crippen LogP contribution < -0.4 is 0 Å². The lowest BCUT2D eigenvalue weighted by molar-refractivity contribution is 0.0223. The van der Waals surface area contributed by atoms with Gasteiger partial charge in [0, 0.05) is 6.42 Å². The molecule has 1 nitrogen and oxygen atoms in total. The zero-order valence-corrected chi connectivity index (χ0v) is 3.27. The van der Waals surface area contributed by atoms with E-state index in [0.717, 1.165) is 6.61 Å². The van der Waals surface area contributed by atoms with Crippen LogP contribution in [-0.2, 0) is 4.74 Å². The topological polar surface area (TPSA) is 9.23 Å². The first-order chi connectivity index (χ1) is 2.39. The summed E-state index contributed by atoms with van der Waals surface area (Å²) >= 11 is 0. The third-order valence-corrected chi connectivity index (χ3v) is 0.787. The van der Waals surface area contributed by atoms with E-state index in [4.69, 9.17) is 4.74 Å². The van der Waals surface area contributed by atoms with E-state index >= 15 is 0 Å². The second-order valence-electron chi connectivity index (χ2n) is 1.27. The Labute approximate surface area is 31.9 Å². The first kappa shape index (κ1) is 3.16. The molecule has 0 aromatic heterocycles. The summed E-state index contributed by atoms with van der Waals surface area (Å²) in [7, 11) is 0. The van der Waals surface area contributed by atoms with Crippen LogP contribution in [-0.4, -0.2) is 12.7 Å². The van der Waals surface area contributed by atoms with Crippen molar-refractivity contribution in [1.82, 2.24) is 0 Å². The van der Waals surface area contributed by atoms with Crippen LogP contribution in [0.4, 0.5) is 0 Å². The fraction of sp³-hybridized carbons (Fsp3) is 0.750. The van der Waals surface area contributed by atoms with Gasteiger partial charge >= 0.3 is 0 Å². The molecule has 1 radical (unpaired) electrons. The number of ether oxygens (including phenoxy) is 1. The van der Waals surface area contributed by atoms with Crippen molar-refractivity contribution in [2.45, 2.75) is 13.0 Å². The van der Waals surface area contributed by atoms with E-state index in [1.165, 1.54) is 0 Å². The lowest BCUT2D eigenvalue weighted by atomic mass is 10.2. The Bertz CT molecular complexity index is 30.6. The largest absolute Gasteiger partial charge is 0.378 e. The van der Waals surface area contributed by atoms with Crippen molar-refractivity contribution in [2.75, 3.05) is 6.61 Å². The van der Waals surface area contributed by atoms with Crippen molar-refractivity contribution in [2.24, 2.45) is 0 Å². The first-order valence-electron chi connectivity index (χ1n) is 1.84. The van der Waals surface area contributed by atoms with Crippen LogP contribution in [0.1, 0.15) is 6.92 Å². The number of rotatable bonds is 0. The lowest BCUT2D eigenvalue weighted by Crippen LogP contribution is -2.23. The molecule has 1 aliphatic rings. The van der Waals surface area contributed by atoms with Crippen LogP contribution in [0.3, 0.4) is 0 Å². The molecular formula is C4H7O. The molecule has 1 unspecified atom stereocenters. The van der Waals surface area contributed by atoms with E-state index in [1.54, 1.807) is 0 Å². The monoisotopic (exact) mass is 71.0 g/mol. The highest BCUT2D eigenvalue weighted by atomic mass is 16.5. The van der Waals surface area contributed by atoms with Crippen LogP contribution in [0.2, 0.25) is 0 Å². The molecule has 1 heterocycles. The van der Waals surface area contributed by atoms with Gasteiger partial charge in [-0.1, -0.05) is 0 Å². The molecule has 1 fully saturated rings. The number of hydrogen-bond acceptors (Lipinski definition) is 1. The molecule has 0 aromatic carbocycles. The summed E-state index contributed by atoms with van der Waals surface area (Å²) in [6.07, 6.45) is 2.56. The fourth-order valence-electron chi connectivity index (χ4n) is 0.289. The predicted octanol–water partition coefficient (Wildman–Crippen LogP) is 0.609. The van der Waals surface area contributed by atoms with Crippen molar-refractivity contribution < 1.29 is 4.74 Å². The SMILES string of the molecule is CC1[CH]CO1. The molecule has 0 bridgehead atoms. The maximum absolute atomic E-state index is 4.88. The summed E-state index contributed by atoms with van der Waals surface area (Å²) < 4.78 is 4.88. The molecule has 1 atom stereocenters. The summed E-state index contributed by atoms with van der Waals surface area (Å²) in [4.78, 5) is 0. The highest BCUT2D eigenvalue weighted by Gasteiger charge is 2.10. The fourth-order valence-corrected chi connectivity index (χ4v) is 0.289. The minimum absolute atomic E-state index is 0.440. The predicted molar refractivity (Wildman–Crippen MR) is 19.7 cm³/mol. The Morgan fingerprint density at radius 1 is 2.00 bits per heavy atom. The molecule has 1 heteroatoms. The average Bonchev–Trinajstić information content (AvgIpc) is 1.30. The zero-order chi connectivity index (χ0) is 3.70. The lowest BCUT2D eigenvalue weighted by Gasteiger charge is -2.20. The second-order valence-corrected chi connectivity index (χ2v) is 1.27. The van der Waals surface area contributed by atoms with E-state index in [2.05, 4.69) is 6.42 Å². The molecule has 0 spiro atoms. The normalized spacial score (nSPS) is 36.6. The second kappa shape index (κ2) is 0.977. The molecule has 1 aliphatic heterocycles. The van der Waals surface area contributed by atoms with Crippen molar-refractivity contribution in [1.29, 1.82) is 0 Å². The van der Waals surface area contributed by atoms with E-state index < -0.39 is 0 Å². The van der Waals surface area contributed by atoms with Crippen molar-refractivity contribution in [3.8, 4) is 0 Å². The van der Waals surface area contributed by atoms with Gasteiger partial charge in [-0.3, -0.25) is 0 Å². The molecule has 0 saturated carbocycles. The summed E-state index contributed by atoms with van der Waals surface area (Å²) in [6, 6.07) is 0. The van der Waals surface area contributed by atoms with Gasteiger partial charge in [0.2, 0.25) is 0 Å². The molecule has 29 valence electrons. The smallest absolute Gasteiger partial charge is 0.0601 e. The van der Waals surface area contributed by atoms with Crippen LogP contribution in [0, 0.1) is 6.42 Å². The minimum Gasteiger partial charge on any atom is -0.378 e. The molecule has 1 saturated heterocycles. The average molecular weight is 71.1 g/mol. The van der Waals surface area contributed by atoms with E-state index in [9.17, 15) is 0 Å². The van der Waals surface area contributed by atoms with E-state index in [1.807, 2.05) is 6.92 Å². The van der Waals surface area contributed by atoms with E-state index in [-0.39, 0.29) is 0 Å². The Kier molecular flexibility index (Phi) is 0.618. The summed E-state index contributed by atoms with van der Waals surface area (Å²) in [6.45, 7) is 2.89. The molecule has 0 N–H and O–H groups in total. The van der Waals surface area contributed by atoms with Crippen molar-refractivity contribution >= 4 is 0 Å². The summed E-state index contributed by atoms with van der Waals surface area (Å²) in [5, 5.41) is 0. The first-order valence-corrected chi connectivity index (χ1v) is 1.84. The van der Waals surface area contributed by atoms with Crippen LogP contribution >= 0.6 is 0 Å².